The molecule has 3 aliphatic heterocycles. The van der Waals surface area contributed by atoms with E-state index in [1.165, 1.54) is 15.9 Å². The number of amides is 5. The molecule has 5 aliphatic rings. The highest BCUT2D eigenvalue weighted by Gasteiger charge is 2.62. The van der Waals surface area contributed by atoms with Gasteiger partial charge in [-0.15, -0.1) is 0 Å². The molecular formula is C33H43F3N6O7S. The number of carbonyl (C=O) groups excluding carboxylic acids is 4. The molecule has 3 heterocycles. The summed E-state index contributed by atoms with van der Waals surface area (Å²) in [5.74, 6) is -2.02. The number of rotatable bonds is 6. The van der Waals surface area contributed by atoms with Crippen LogP contribution in [0.5, 0.6) is 0 Å². The van der Waals surface area contributed by atoms with Crippen LogP contribution in [0.1, 0.15) is 69.8 Å². The normalized spacial score (nSPS) is 28.5. The van der Waals surface area contributed by atoms with Gasteiger partial charge in [-0.05, 0) is 76.0 Å². The van der Waals surface area contributed by atoms with Crippen LogP contribution in [0.15, 0.2) is 30.4 Å². The molecule has 13 nitrogen and oxygen atoms in total. The molecule has 0 aromatic heterocycles. The van der Waals surface area contributed by atoms with Crippen molar-refractivity contribution in [2.45, 2.75) is 93.3 Å². The molecule has 17 heteroatoms. The van der Waals surface area contributed by atoms with Gasteiger partial charge in [0.15, 0.2) is 0 Å². The SMILES string of the molecule is CN1CCCC/C=C/[C@@H]2C[C@@]2(C(=O)NS(=O)(=O)C2CC2)NC(=O)[C@@H]2C[C@@H](OC(=O)Nc3cc(C(F)(F)F)ccc3N3CCCCC3)CN2C1=O. The topological polar surface area (TPSA) is 157 Å². The lowest BCUT2D eigenvalue weighted by molar-refractivity contribution is -0.137. The molecule has 3 N–H and O–H groups in total. The monoisotopic (exact) mass is 724 g/mol. The molecule has 5 amide bonds. The zero-order valence-corrected chi connectivity index (χ0v) is 28.7. The number of hydrogen-bond donors (Lipinski definition) is 3. The average molecular weight is 725 g/mol. The van der Waals surface area contributed by atoms with E-state index in [1.807, 2.05) is 11.0 Å². The molecule has 2 aliphatic carbocycles. The summed E-state index contributed by atoms with van der Waals surface area (Å²) < 4.78 is 73.9. The van der Waals surface area contributed by atoms with Crippen molar-refractivity contribution in [1.82, 2.24) is 19.8 Å². The van der Waals surface area contributed by atoms with Crippen LogP contribution in [0.25, 0.3) is 0 Å². The maximum atomic E-state index is 13.9. The number of hydrogen-bond acceptors (Lipinski definition) is 8. The summed E-state index contributed by atoms with van der Waals surface area (Å²) in [6.07, 6.45) is 2.64. The number of nitrogens with one attached hydrogen (secondary N) is 3. The van der Waals surface area contributed by atoms with Crippen molar-refractivity contribution in [3.63, 3.8) is 0 Å². The minimum Gasteiger partial charge on any atom is -0.444 e. The van der Waals surface area contributed by atoms with Crippen molar-refractivity contribution in [1.29, 1.82) is 0 Å². The van der Waals surface area contributed by atoms with E-state index in [4.69, 9.17) is 4.74 Å². The van der Waals surface area contributed by atoms with Gasteiger partial charge in [-0.3, -0.25) is 19.6 Å². The highest BCUT2D eigenvalue weighted by Crippen LogP contribution is 2.46. The number of carbonyl (C=O) groups is 4. The number of benzene rings is 1. The maximum Gasteiger partial charge on any atom is 0.416 e. The van der Waals surface area contributed by atoms with Gasteiger partial charge in [0.05, 0.1) is 28.7 Å². The third kappa shape index (κ3) is 7.81. The lowest BCUT2D eigenvalue weighted by Crippen LogP contribution is -2.57. The summed E-state index contributed by atoms with van der Waals surface area (Å²) in [5.41, 5.74) is -2.12. The van der Waals surface area contributed by atoms with Crippen LogP contribution in [0, 0.1) is 5.92 Å². The van der Waals surface area contributed by atoms with Crippen molar-refractivity contribution >= 4 is 45.3 Å². The quantitative estimate of drug-likeness (QED) is 0.373. The second kappa shape index (κ2) is 13.9. The standard InChI is InChI=1S/C33H43F3N6O7S/c1-40-14-6-3-2-5-9-22-19-32(22,29(44)39-50(47,48)24-11-12-24)38-28(43)27-18-23(20-42(27)31(40)46)49-30(45)37-25-17-21(33(34,35)36)10-13-26(25)41-15-7-4-8-16-41/h5,9-10,13,17,22-24,27H,2-4,6-8,11-12,14-16,18-20H2,1H3,(H,37,45)(H,38,43)(H,39,44)/b9-5+/t22-,23-,27+,32-/m1/s1. The molecule has 0 bridgehead atoms. The predicted octanol–water partition coefficient (Wildman–Crippen LogP) is 3.96. The molecule has 0 radical (unpaired) electrons. The smallest absolute Gasteiger partial charge is 0.416 e. The Kier molecular flexibility index (Phi) is 9.98. The fourth-order valence-electron chi connectivity index (χ4n) is 7.01. The van der Waals surface area contributed by atoms with Crippen LogP contribution in [-0.4, -0.2) is 98.3 Å². The van der Waals surface area contributed by atoms with Gasteiger partial charge in [-0.25, -0.2) is 18.0 Å². The Balaban J connectivity index is 1.21. The lowest BCUT2D eigenvalue weighted by atomic mass is 10.1. The third-order valence-corrected chi connectivity index (χ3v) is 11.9. The van der Waals surface area contributed by atoms with E-state index >= 15 is 0 Å². The Morgan fingerprint density at radius 1 is 1.04 bits per heavy atom. The molecule has 2 saturated heterocycles. The largest absolute Gasteiger partial charge is 0.444 e. The van der Waals surface area contributed by atoms with Gasteiger partial charge in [0, 0.05) is 39.0 Å². The van der Waals surface area contributed by atoms with E-state index < -0.39 is 74.6 Å². The van der Waals surface area contributed by atoms with Gasteiger partial charge in [-0.2, -0.15) is 13.2 Å². The van der Waals surface area contributed by atoms with Crippen LogP contribution in [0.3, 0.4) is 0 Å². The maximum absolute atomic E-state index is 13.9. The summed E-state index contributed by atoms with van der Waals surface area (Å²) in [4.78, 5) is 58.8. The van der Waals surface area contributed by atoms with Gasteiger partial charge >= 0.3 is 18.3 Å². The van der Waals surface area contributed by atoms with Crippen molar-refractivity contribution in [3.05, 3.63) is 35.9 Å². The minimum atomic E-state index is -4.65. The summed E-state index contributed by atoms with van der Waals surface area (Å²) >= 11 is 0. The molecular weight excluding hydrogens is 681 g/mol. The van der Waals surface area contributed by atoms with Crippen LogP contribution in [0.2, 0.25) is 0 Å². The third-order valence-electron chi connectivity index (χ3n) is 10.1. The number of piperidine rings is 1. The zero-order chi connectivity index (χ0) is 35.8. The minimum absolute atomic E-state index is 0.0702. The summed E-state index contributed by atoms with van der Waals surface area (Å²) in [6, 6.07) is 1.47. The number of nitrogens with zero attached hydrogens (tertiary/aromatic N) is 3. The molecule has 0 spiro atoms. The van der Waals surface area contributed by atoms with Crippen molar-refractivity contribution < 1.29 is 45.5 Å². The highest BCUT2D eigenvalue weighted by molar-refractivity contribution is 7.91. The van der Waals surface area contributed by atoms with Gasteiger partial charge in [0.2, 0.25) is 15.9 Å². The van der Waals surface area contributed by atoms with Crippen LogP contribution >= 0.6 is 0 Å². The highest BCUT2D eigenvalue weighted by atomic mass is 32.2. The Labute approximate surface area is 289 Å². The molecule has 4 atom stereocenters. The van der Waals surface area contributed by atoms with Crippen molar-refractivity contribution in [2.24, 2.45) is 5.92 Å². The van der Waals surface area contributed by atoms with Crippen LogP contribution in [0.4, 0.5) is 34.1 Å². The average Bonchev–Trinajstić information content (AvgIpc) is 3.99. The number of alkyl halides is 3. The van der Waals surface area contributed by atoms with Gasteiger partial charge < -0.3 is 24.8 Å². The molecule has 0 unspecified atom stereocenters. The fourth-order valence-corrected chi connectivity index (χ4v) is 8.37. The first-order chi connectivity index (χ1) is 23.7. The lowest BCUT2D eigenvalue weighted by Gasteiger charge is -2.31. The molecule has 6 rings (SSSR count). The summed E-state index contributed by atoms with van der Waals surface area (Å²) in [5, 5.41) is 4.56. The number of allylic oxidation sites excluding steroid dienone is 1. The Morgan fingerprint density at radius 3 is 2.46 bits per heavy atom. The van der Waals surface area contributed by atoms with E-state index in [2.05, 4.69) is 15.4 Å². The number of urea groups is 1. The first kappa shape index (κ1) is 35.8. The zero-order valence-electron chi connectivity index (χ0n) is 27.8. The summed E-state index contributed by atoms with van der Waals surface area (Å²) in [7, 11) is -2.32. The second-order valence-electron chi connectivity index (χ2n) is 13.9. The van der Waals surface area contributed by atoms with E-state index in [1.54, 1.807) is 13.1 Å². The summed E-state index contributed by atoms with van der Waals surface area (Å²) in [6.45, 7) is 1.44. The molecule has 1 aromatic carbocycles. The molecule has 274 valence electrons. The van der Waals surface area contributed by atoms with Crippen molar-refractivity contribution in [2.75, 3.05) is 43.4 Å². The number of fused-ring (bicyclic) bond motifs is 2. The molecule has 2 saturated carbocycles. The van der Waals surface area contributed by atoms with Crippen molar-refractivity contribution in [3.8, 4) is 0 Å². The molecule has 4 fully saturated rings. The number of ether oxygens (including phenoxy) is 1. The number of anilines is 2. The first-order valence-corrected chi connectivity index (χ1v) is 18.7. The van der Waals surface area contributed by atoms with Crippen LogP contribution < -0.4 is 20.3 Å². The van der Waals surface area contributed by atoms with Gasteiger partial charge in [-0.1, -0.05) is 12.2 Å². The van der Waals surface area contributed by atoms with E-state index in [0.29, 0.717) is 51.0 Å². The Morgan fingerprint density at radius 2 is 1.76 bits per heavy atom. The molecule has 50 heavy (non-hydrogen) atoms. The van der Waals surface area contributed by atoms with E-state index in [0.717, 1.165) is 37.8 Å². The molecule has 1 aromatic rings. The Bertz CT molecular complexity index is 1650. The van der Waals surface area contributed by atoms with E-state index in [-0.39, 0.29) is 25.1 Å². The van der Waals surface area contributed by atoms with Gasteiger partial charge in [0.25, 0.3) is 5.91 Å². The fraction of sp³-hybridized carbons (Fsp3) is 0.636. The number of sulfonamides is 1. The second-order valence-corrected chi connectivity index (χ2v) is 15.9. The van der Waals surface area contributed by atoms with E-state index in [9.17, 15) is 40.8 Å². The van der Waals surface area contributed by atoms with Crippen LogP contribution in [-0.2, 0) is 30.5 Å². The Hall–Kier alpha value is -4.02. The van der Waals surface area contributed by atoms with Gasteiger partial charge in [0.1, 0.15) is 17.7 Å². The first-order valence-electron chi connectivity index (χ1n) is 17.2. The number of halogens is 3. The predicted molar refractivity (Wildman–Crippen MR) is 177 cm³/mol.